The summed E-state index contributed by atoms with van der Waals surface area (Å²) in [6, 6.07) is 9.64. The first-order valence-electron chi connectivity index (χ1n) is 11.5. The number of nitrogens with one attached hydrogen (secondary N) is 1. The van der Waals surface area contributed by atoms with E-state index in [0.717, 1.165) is 6.42 Å². The van der Waals surface area contributed by atoms with E-state index in [1.807, 2.05) is 13.8 Å². The molecule has 1 aliphatic rings. The number of fused-ring (bicyclic) bond motifs is 1. The normalized spacial score (nSPS) is 12.8. The van der Waals surface area contributed by atoms with Crippen LogP contribution in [-0.2, 0) is 4.79 Å². The van der Waals surface area contributed by atoms with E-state index in [-0.39, 0.29) is 28.8 Å². The summed E-state index contributed by atoms with van der Waals surface area (Å²) in [4.78, 5) is 40.6. The highest BCUT2D eigenvalue weighted by Gasteiger charge is 2.36. The van der Waals surface area contributed by atoms with Crippen molar-refractivity contribution in [2.75, 3.05) is 24.0 Å². The van der Waals surface area contributed by atoms with Crippen molar-refractivity contribution in [3.63, 3.8) is 0 Å². The summed E-state index contributed by atoms with van der Waals surface area (Å²) in [5, 5.41) is 12.7. The molecule has 1 aliphatic heterocycles. The first kappa shape index (κ1) is 25.8. The number of aromatic hydroxyl groups is 1. The Morgan fingerprint density at radius 3 is 2.49 bits per heavy atom. The summed E-state index contributed by atoms with van der Waals surface area (Å²) in [6.45, 7) is 4.49. The number of anilines is 2. The lowest BCUT2D eigenvalue weighted by Crippen LogP contribution is -2.44. The summed E-state index contributed by atoms with van der Waals surface area (Å²) < 4.78 is 14.8. The van der Waals surface area contributed by atoms with Gasteiger partial charge in [0.25, 0.3) is 11.8 Å². The maximum absolute atomic E-state index is 14.0. The molecule has 1 atom stereocenters. The number of nitrogen functional groups attached to an aromatic ring is 1. The van der Waals surface area contributed by atoms with Crippen molar-refractivity contribution in [2.45, 2.75) is 26.3 Å². The smallest absolute Gasteiger partial charge is 0.273 e. The fraction of sp³-hybridized carbons (Fsp3) is 0.280. The van der Waals surface area contributed by atoms with Gasteiger partial charge in [-0.1, -0.05) is 26.0 Å². The average molecular weight is 526 g/mol. The van der Waals surface area contributed by atoms with E-state index in [9.17, 15) is 19.5 Å². The third-order valence-electron chi connectivity index (χ3n) is 5.75. The van der Waals surface area contributed by atoms with Crippen LogP contribution in [0.3, 0.4) is 0 Å². The Kier molecular flexibility index (Phi) is 7.48. The maximum atomic E-state index is 14.0. The van der Waals surface area contributed by atoms with Gasteiger partial charge in [0, 0.05) is 18.3 Å². The molecule has 37 heavy (non-hydrogen) atoms. The highest BCUT2D eigenvalue weighted by atomic mass is 32.1. The number of ether oxygens (including phenoxy) is 2. The van der Waals surface area contributed by atoms with Gasteiger partial charge in [-0.2, -0.15) is 4.37 Å². The summed E-state index contributed by atoms with van der Waals surface area (Å²) in [6.07, 6.45) is 0.732. The zero-order chi connectivity index (χ0) is 26.7. The highest BCUT2D eigenvalue weighted by molar-refractivity contribution is 7.09. The Balaban J connectivity index is 1.84. The molecule has 0 spiro atoms. The molecule has 12 heteroatoms. The number of nitrogens with two attached hydrogens (primary N) is 2. The molecule has 0 unspecified atom stereocenters. The monoisotopic (exact) mass is 525 g/mol. The highest BCUT2D eigenvalue weighted by Crippen LogP contribution is 2.39. The second kappa shape index (κ2) is 10.7. The van der Waals surface area contributed by atoms with Gasteiger partial charge in [0.05, 0.1) is 5.69 Å². The van der Waals surface area contributed by atoms with Gasteiger partial charge in [-0.15, -0.1) is 0 Å². The Morgan fingerprint density at radius 2 is 1.84 bits per heavy atom. The molecule has 1 aromatic heterocycles. The lowest BCUT2D eigenvalue weighted by molar-refractivity contribution is -0.122. The zero-order valence-electron chi connectivity index (χ0n) is 20.3. The zero-order valence-corrected chi connectivity index (χ0v) is 21.1. The van der Waals surface area contributed by atoms with Gasteiger partial charge in [-0.3, -0.25) is 19.3 Å². The van der Waals surface area contributed by atoms with E-state index < -0.39 is 23.8 Å². The first-order valence-corrected chi connectivity index (χ1v) is 12.3. The molecule has 0 radical (unpaired) electrons. The van der Waals surface area contributed by atoms with Gasteiger partial charge >= 0.3 is 0 Å². The lowest BCUT2D eigenvalue weighted by atomic mass is 10.0. The van der Waals surface area contributed by atoms with Crippen LogP contribution >= 0.6 is 11.5 Å². The molecule has 6 N–H and O–H groups in total. The van der Waals surface area contributed by atoms with E-state index in [2.05, 4.69) is 9.69 Å². The van der Waals surface area contributed by atoms with Crippen molar-refractivity contribution in [3.8, 4) is 17.2 Å². The molecule has 3 amide bonds. The quantitative estimate of drug-likeness (QED) is 0.330. The molecule has 0 fully saturated rings. The molecule has 0 saturated carbocycles. The predicted octanol–water partition coefficient (Wildman–Crippen LogP) is 2.81. The largest absolute Gasteiger partial charge is 0.508 e. The van der Waals surface area contributed by atoms with Crippen LogP contribution in [0.25, 0.3) is 0 Å². The molecule has 11 nitrogen and oxygen atoms in total. The minimum absolute atomic E-state index is 0.00136. The van der Waals surface area contributed by atoms with Crippen LogP contribution in [0, 0.1) is 5.92 Å². The second-order valence-corrected chi connectivity index (χ2v) is 9.59. The van der Waals surface area contributed by atoms with Crippen molar-refractivity contribution in [1.29, 1.82) is 0 Å². The molecule has 0 aliphatic carbocycles. The van der Waals surface area contributed by atoms with Crippen molar-refractivity contribution < 1.29 is 29.0 Å². The lowest BCUT2D eigenvalue weighted by Gasteiger charge is -2.31. The van der Waals surface area contributed by atoms with Crippen molar-refractivity contribution in [3.05, 3.63) is 58.6 Å². The number of nitrogens with zero attached hydrogens (tertiary/aromatic N) is 2. The van der Waals surface area contributed by atoms with Gasteiger partial charge in [-0.25, -0.2) is 0 Å². The minimum Gasteiger partial charge on any atom is -0.508 e. The van der Waals surface area contributed by atoms with Gasteiger partial charge in [0.15, 0.2) is 17.2 Å². The molecular formula is C25H27N5O6S. The molecule has 194 valence electrons. The number of primary amides is 1. The third kappa shape index (κ3) is 5.43. The first-order chi connectivity index (χ1) is 17.7. The predicted molar refractivity (Wildman–Crippen MR) is 138 cm³/mol. The third-order valence-corrected chi connectivity index (χ3v) is 6.60. The van der Waals surface area contributed by atoms with Crippen LogP contribution in [0.2, 0.25) is 0 Å². The number of benzene rings is 2. The second-order valence-electron chi connectivity index (χ2n) is 8.82. The van der Waals surface area contributed by atoms with Crippen LogP contribution < -0.4 is 31.2 Å². The Morgan fingerprint density at radius 1 is 1.14 bits per heavy atom. The van der Waals surface area contributed by atoms with Crippen LogP contribution in [0.1, 0.15) is 52.0 Å². The van der Waals surface area contributed by atoms with Gasteiger partial charge in [0.2, 0.25) is 12.7 Å². The van der Waals surface area contributed by atoms with Crippen molar-refractivity contribution in [2.24, 2.45) is 11.7 Å². The van der Waals surface area contributed by atoms with Gasteiger partial charge < -0.3 is 31.4 Å². The number of hydrogen-bond donors (Lipinski definition) is 4. The van der Waals surface area contributed by atoms with E-state index in [0.29, 0.717) is 46.7 Å². The SMILES string of the molecule is CC(C)CCNC(=O)[C@H](c1ccc(O)cc1)N(C(=O)c1snc(C(N)=O)c1N)c1ccc2c(c1)OCO2. The number of carbonyl (C=O) groups excluding carboxylic acids is 3. The number of carbonyl (C=O) groups is 3. The molecule has 0 bridgehead atoms. The number of amides is 3. The fourth-order valence-corrected chi connectivity index (χ4v) is 4.55. The standard InChI is InChI=1S/C25H27N5O6S/c1-13(2)9-10-28-24(33)21(14-3-6-16(31)7-4-14)30(15-5-8-17-18(11-15)36-12-35-17)25(34)22-19(26)20(23(27)32)29-37-22/h3-8,11,13,21,31H,9-10,12,26H2,1-2H3,(H2,27,32)(H,28,33)/t21-/m0/s1. The fourth-order valence-electron chi connectivity index (χ4n) is 3.81. The van der Waals surface area contributed by atoms with E-state index >= 15 is 0 Å². The Hall–Kier alpha value is -4.32. The molecule has 2 heterocycles. The van der Waals surface area contributed by atoms with Crippen molar-refractivity contribution >= 4 is 40.6 Å². The van der Waals surface area contributed by atoms with Gasteiger partial charge in [0.1, 0.15) is 16.7 Å². The number of rotatable bonds is 9. The van der Waals surface area contributed by atoms with E-state index in [1.165, 1.54) is 17.0 Å². The molecule has 0 saturated heterocycles. The number of hydrogen-bond acceptors (Lipinski definition) is 9. The van der Waals surface area contributed by atoms with Crippen molar-refractivity contribution in [1.82, 2.24) is 9.69 Å². The van der Waals surface area contributed by atoms with Crippen LogP contribution in [0.15, 0.2) is 42.5 Å². The number of aromatic nitrogens is 1. The van der Waals surface area contributed by atoms with Crippen LogP contribution in [0.4, 0.5) is 11.4 Å². The van der Waals surface area contributed by atoms with Crippen LogP contribution in [0.5, 0.6) is 17.2 Å². The maximum Gasteiger partial charge on any atom is 0.273 e. The summed E-state index contributed by atoms with van der Waals surface area (Å²) in [5.41, 5.74) is 11.8. The summed E-state index contributed by atoms with van der Waals surface area (Å²) in [7, 11) is 0. The molecular weight excluding hydrogens is 498 g/mol. The van der Waals surface area contributed by atoms with Gasteiger partial charge in [-0.05, 0) is 53.7 Å². The topological polar surface area (TPSA) is 170 Å². The Labute approximate surface area is 217 Å². The summed E-state index contributed by atoms with van der Waals surface area (Å²) in [5.74, 6) is -0.746. The summed E-state index contributed by atoms with van der Waals surface area (Å²) >= 11 is 0.715. The van der Waals surface area contributed by atoms with Crippen LogP contribution in [-0.4, -0.2) is 40.5 Å². The molecule has 2 aromatic carbocycles. The number of phenolic OH excluding ortho intramolecular Hbond substituents is 1. The minimum atomic E-state index is -1.17. The molecule has 4 rings (SSSR count). The van der Waals surface area contributed by atoms with E-state index in [4.69, 9.17) is 20.9 Å². The van der Waals surface area contributed by atoms with E-state index in [1.54, 1.807) is 30.3 Å². The number of phenols is 1. The Bertz CT molecular complexity index is 1320. The average Bonchev–Trinajstić information content (AvgIpc) is 3.48. The molecule has 3 aromatic rings.